The second kappa shape index (κ2) is 8.11. The summed E-state index contributed by atoms with van der Waals surface area (Å²) in [5.74, 6) is -1.46. The molecule has 0 aromatic heterocycles. The van der Waals surface area contributed by atoms with E-state index in [1.165, 1.54) is 19.2 Å². The van der Waals surface area contributed by atoms with Gasteiger partial charge in [0, 0.05) is 30.6 Å². The van der Waals surface area contributed by atoms with Crippen molar-refractivity contribution in [3.63, 3.8) is 0 Å². The van der Waals surface area contributed by atoms with E-state index in [1.54, 1.807) is 12.1 Å². The molecule has 0 saturated heterocycles. The Morgan fingerprint density at radius 1 is 1.29 bits per heavy atom. The second-order valence-corrected chi connectivity index (χ2v) is 4.52. The summed E-state index contributed by atoms with van der Waals surface area (Å²) in [6.45, 7) is 0.0976. The van der Waals surface area contributed by atoms with Crippen LogP contribution in [0, 0.1) is 0 Å². The van der Waals surface area contributed by atoms with Gasteiger partial charge >= 0.3 is 12.0 Å². The van der Waals surface area contributed by atoms with Gasteiger partial charge in [-0.25, -0.2) is 9.59 Å². The van der Waals surface area contributed by atoms with Crippen molar-refractivity contribution >= 4 is 29.5 Å². The first-order chi connectivity index (χ1) is 9.95. The number of aliphatic carboxylic acids is 1. The molecule has 3 amide bonds. The molecule has 7 nitrogen and oxygen atoms in total. The Balaban J connectivity index is 2.63. The summed E-state index contributed by atoms with van der Waals surface area (Å²) in [7, 11) is 1.49. The van der Waals surface area contributed by atoms with Gasteiger partial charge in [0.05, 0.1) is 0 Å². The summed E-state index contributed by atoms with van der Waals surface area (Å²) in [5.41, 5.74) is 0.285. The van der Waals surface area contributed by atoms with Crippen molar-refractivity contribution in [2.24, 2.45) is 0 Å². The number of halogens is 1. The molecule has 4 N–H and O–H groups in total. The van der Waals surface area contributed by atoms with E-state index >= 15 is 0 Å². The van der Waals surface area contributed by atoms with Crippen molar-refractivity contribution in [1.29, 1.82) is 0 Å². The summed E-state index contributed by atoms with van der Waals surface area (Å²) < 4.78 is 0. The van der Waals surface area contributed by atoms with E-state index in [9.17, 15) is 19.5 Å². The normalized spacial score (nSPS) is 11.3. The fourth-order valence-corrected chi connectivity index (χ4v) is 1.82. The molecule has 0 aliphatic heterocycles. The molecule has 0 unspecified atom stereocenters. The number of urea groups is 1. The molecule has 114 valence electrons. The van der Waals surface area contributed by atoms with Crippen molar-refractivity contribution in [2.45, 2.75) is 12.5 Å². The minimum absolute atomic E-state index is 0.0976. The average molecular weight is 314 g/mol. The monoisotopic (exact) mass is 313 g/mol. The summed E-state index contributed by atoms with van der Waals surface area (Å²) in [6, 6.07) is 4.39. The number of carboxylic acid groups (broad SMARTS) is 1. The number of carbonyl (C=O) groups is 3. The lowest BCUT2D eigenvalue weighted by Crippen LogP contribution is -2.42. The molecule has 0 aliphatic rings. The standard InChI is InChI=1S/C13H16ClN3O4/c1-15-10(18)6-7-16-13(21)17-11(12(19)20)8-4-2-3-5-9(8)14/h2-5,11H,6-7H2,1H3,(H,15,18)(H,19,20)(H2,16,17,21)/t11-/m1/s1. The Kier molecular flexibility index (Phi) is 6.48. The Morgan fingerprint density at radius 2 is 1.95 bits per heavy atom. The summed E-state index contributed by atoms with van der Waals surface area (Å²) in [4.78, 5) is 33.9. The van der Waals surface area contributed by atoms with Crippen LogP contribution in [0.25, 0.3) is 0 Å². The molecule has 8 heteroatoms. The summed E-state index contributed by atoms with van der Waals surface area (Å²) >= 11 is 5.92. The first-order valence-electron chi connectivity index (χ1n) is 6.18. The number of nitrogens with one attached hydrogen (secondary N) is 3. The Labute approximate surface area is 126 Å². The molecule has 1 aromatic carbocycles. The minimum atomic E-state index is -1.27. The zero-order valence-corrected chi connectivity index (χ0v) is 12.1. The highest BCUT2D eigenvalue weighted by Gasteiger charge is 2.23. The number of carboxylic acids is 1. The van der Waals surface area contributed by atoms with Gasteiger partial charge in [-0.05, 0) is 6.07 Å². The fraction of sp³-hybridized carbons (Fsp3) is 0.308. The quantitative estimate of drug-likeness (QED) is 0.626. The number of amides is 3. The summed E-state index contributed by atoms with van der Waals surface area (Å²) in [5, 5.41) is 16.5. The molecule has 1 aromatic rings. The van der Waals surface area contributed by atoms with Crippen LogP contribution in [-0.4, -0.2) is 36.6 Å². The lowest BCUT2D eigenvalue weighted by molar-refractivity contribution is -0.139. The molecule has 0 heterocycles. The third-order valence-electron chi connectivity index (χ3n) is 2.66. The van der Waals surface area contributed by atoms with Crippen LogP contribution >= 0.6 is 11.6 Å². The highest BCUT2D eigenvalue weighted by atomic mass is 35.5. The van der Waals surface area contributed by atoms with Crippen molar-refractivity contribution in [3.8, 4) is 0 Å². The van der Waals surface area contributed by atoms with Gasteiger partial charge in [0.2, 0.25) is 5.91 Å². The summed E-state index contributed by atoms with van der Waals surface area (Å²) in [6.07, 6.45) is 0.105. The molecule has 0 fully saturated rings. The van der Waals surface area contributed by atoms with Crippen LogP contribution in [0.3, 0.4) is 0 Å². The predicted molar refractivity (Wildman–Crippen MR) is 77.0 cm³/mol. The van der Waals surface area contributed by atoms with Gasteiger partial charge in [0.1, 0.15) is 0 Å². The van der Waals surface area contributed by atoms with Crippen LogP contribution in [0.4, 0.5) is 4.79 Å². The van der Waals surface area contributed by atoms with E-state index in [0.29, 0.717) is 0 Å². The number of rotatable bonds is 6. The van der Waals surface area contributed by atoms with Crippen molar-refractivity contribution in [3.05, 3.63) is 34.9 Å². The molecule has 1 atom stereocenters. The van der Waals surface area contributed by atoms with Gasteiger partial charge < -0.3 is 21.1 Å². The number of carbonyl (C=O) groups excluding carboxylic acids is 2. The first kappa shape index (κ1) is 16.8. The second-order valence-electron chi connectivity index (χ2n) is 4.12. The zero-order valence-electron chi connectivity index (χ0n) is 11.4. The Bertz CT molecular complexity index is 536. The van der Waals surface area contributed by atoms with Crippen LogP contribution in [0.15, 0.2) is 24.3 Å². The number of hydrogen-bond donors (Lipinski definition) is 4. The third-order valence-corrected chi connectivity index (χ3v) is 3.00. The van der Waals surface area contributed by atoms with E-state index in [-0.39, 0.29) is 29.5 Å². The van der Waals surface area contributed by atoms with Gasteiger partial charge in [-0.15, -0.1) is 0 Å². The minimum Gasteiger partial charge on any atom is -0.479 e. The maximum absolute atomic E-state index is 11.7. The van der Waals surface area contributed by atoms with Gasteiger partial charge in [0.25, 0.3) is 0 Å². The van der Waals surface area contributed by atoms with E-state index < -0.39 is 18.0 Å². The molecule has 0 radical (unpaired) electrons. The molecule has 0 bridgehead atoms. The van der Waals surface area contributed by atoms with Crippen molar-refractivity contribution < 1.29 is 19.5 Å². The third kappa shape index (κ3) is 5.31. The SMILES string of the molecule is CNC(=O)CCNC(=O)N[C@@H](C(=O)O)c1ccccc1Cl. The Morgan fingerprint density at radius 3 is 2.52 bits per heavy atom. The molecule has 0 spiro atoms. The van der Waals surface area contributed by atoms with E-state index in [0.717, 1.165) is 0 Å². The molecular formula is C13H16ClN3O4. The molecule has 21 heavy (non-hydrogen) atoms. The smallest absolute Gasteiger partial charge is 0.331 e. The average Bonchev–Trinajstić information content (AvgIpc) is 2.45. The lowest BCUT2D eigenvalue weighted by atomic mass is 10.1. The maximum atomic E-state index is 11.7. The molecule has 1 rings (SSSR count). The Hall–Kier alpha value is -2.28. The van der Waals surface area contributed by atoms with E-state index in [1.807, 2.05) is 0 Å². The molecule has 0 aliphatic carbocycles. The van der Waals surface area contributed by atoms with Crippen LogP contribution in [0.1, 0.15) is 18.0 Å². The number of hydrogen-bond acceptors (Lipinski definition) is 3. The van der Waals surface area contributed by atoms with Crippen LogP contribution in [-0.2, 0) is 9.59 Å². The van der Waals surface area contributed by atoms with Crippen molar-refractivity contribution in [1.82, 2.24) is 16.0 Å². The largest absolute Gasteiger partial charge is 0.479 e. The fourth-order valence-electron chi connectivity index (χ4n) is 1.58. The van der Waals surface area contributed by atoms with Crippen molar-refractivity contribution in [2.75, 3.05) is 13.6 Å². The van der Waals surface area contributed by atoms with Gasteiger partial charge in [-0.2, -0.15) is 0 Å². The number of benzene rings is 1. The van der Waals surface area contributed by atoms with Crippen LogP contribution in [0.5, 0.6) is 0 Å². The highest BCUT2D eigenvalue weighted by Crippen LogP contribution is 2.22. The van der Waals surface area contributed by atoms with Gasteiger partial charge in [-0.1, -0.05) is 29.8 Å². The van der Waals surface area contributed by atoms with E-state index in [2.05, 4.69) is 16.0 Å². The van der Waals surface area contributed by atoms with Crippen LogP contribution < -0.4 is 16.0 Å². The first-order valence-corrected chi connectivity index (χ1v) is 6.55. The van der Waals surface area contributed by atoms with Gasteiger partial charge in [-0.3, -0.25) is 4.79 Å². The topological polar surface area (TPSA) is 108 Å². The van der Waals surface area contributed by atoms with E-state index in [4.69, 9.17) is 11.6 Å². The molecular weight excluding hydrogens is 298 g/mol. The maximum Gasteiger partial charge on any atom is 0.331 e. The van der Waals surface area contributed by atoms with Gasteiger partial charge in [0.15, 0.2) is 6.04 Å². The molecule has 0 saturated carbocycles. The highest BCUT2D eigenvalue weighted by molar-refractivity contribution is 6.31. The lowest BCUT2D eigenvalue weighted by Gasteiger charge is -2.16. The zero-order chi connectivity index (χ0) is 15.8. The van der Waals surface area contributed by atoms with Crippen LogP contribution in [0.2, 0.25) is 5.02 Å². The predicted octanol–water partition coefficient (Wildman–Crippen LogP) is 0.901.